The number of nitrogens with two attached hydrogens (primary N) is 2. The first kappa shape index (κ1) is 12.9. The highest BCUT2D eigenvalue weighted by Crippen LogP contribution is 2.29. The summed E-state index contributed by atoms with van der Waals surface area (Å²) in [5.74, 6) is -0.263. The van der Waals surface area contributed by atoms with E-state index in [9.17, 15) is 9.50 Å². The maximum absolute atomic E-state index is 13.2. The van der Waals surface area contributed by atoms with Crippen LogP contribution in [0.25, 0.3) is 0 Å². The molecule has 1 rings (SSSR count). The molecule has 0 aromatic heterocycles. The zero-order valence-corrected chi connectivity index (χ0v) is 9.54. The zero-order valence-electron chi connectivity index (χ0n) is 9.54. The van der Waals surface area contributed by atoms with Gasteiger partial charge in [-0.1, -0.05) is 6.42 Å². The molecule has 0 radical (unpaired) electrons. The lowest BCUT2D eigenvalue weighted by molar-refractivity contribution is 0.448. The Bertz CT molecular complexity index is 355. The Labute approximate surface area is 95.3 Å². The van der Waals surface area contributed by atoms with E-state index in [0.717, 1.165) is 12.8 Å². The second-order valence-electron chi connectivity index (χ2n) is 4.05. The maximum atomic E-state index is 13.2. The summed E-state index contributed by atoms with van der Waals surface area (Å²) < 4.78 is 13.2. The first-order valence-corrected chi connectivity index (χ1v) is 5.51. The van der Waals surface area contributed by atoms with Crippen LogP contribution in [0.15, 0.2) is 12.1 Å². The number of benzene rings is 1. The van der Waals surface area contributed by atoms with Gasteiger partial charge in [-0.3, -0.25) is 0 Å². The Kier molecular flexibility index (Phi) is 4.71. The van der Waals surface area contributed by atoms with Gasteiger partial charge in [0.05, 0.1) is 0 Å². The van der Waals surface area contributed by atoms with Crippen LogP contribution in [0.1, 0.15) is 36.4 Å². The molecule has 0 aliphatic rings. The van der Waals surface area contributed by atoms with Crippen molar-refractivity contribution in [2.75, 3.05) is 6.54 Å². The van der Waals surface area contributed by atoms with Crippen LogP contribution in [-0.2, 0) is 0 Å². The van der Waals surface area contributed by atoms with Gasteiger partial charge in [-0.25, -0.2) is 4.39 Å². The highest BCUT2D eigenvalue weighted by molar-refractivity contribution is 5.41. The van der Waals surface area contributed by atoms with E-state index in [-0.39, 0.29) is 17.6 Å². The highest BCUT2D eigenvalue weighted by Gasteiger charge is 2.13. The Morgan fingerprint density at radius 1 is 1.38 bits per heavy atom. The summed E-state index contributed by atoms with van der Waals surface area (Å²) in [6.45, 7) is 2.29. The minimum atomic E-state index is -0.362. The van der Waals surface area contributed by atoms with Gasteiger partial charge in [0.2, 0.25) is 0 Å². The molecular weight excluding hydrogens is 207 g/mol. The number of unbranched alkanes of at least 4 members (excludes halogenated alkanes) is 1. The Morgan fingerprint density at radius 3 is 2.69 bits per heavy atom. The first-order chi connectivity index (χ1) is 7.56. The molecule has 1 aromatic carbocycles. The van der Waals surface area contributed by atoms with Gasteiger partial charge < -0.3 is 16.6 Å². The second-order valence-corrected chi connectivity index (χ2v) is 4.05. The van der Waals surface area contributed by atoms with E-state index in [1.54, 1.807) is 6.92 Å². The topological polar surface area (TPSA) is 72.3 Å². The molecule has 0 bridgehead atoms. The average molecular weight is 226 g/mol. The van der Waals surface area contributed by atoms with Gasteiger partial charge in [0.15, 0.2) is 0 Å². The molecule has 0 spiro atoms. The van der Waals surface area contributed by atoms with Crippen molar-refractivity contribution in [1.29, 1.82) is 0 Å². The number of aromatic hydroxyl groups is 1. The van der Waals surface area contributed by atoms with Crippen molar-refractivity contribution in [3.8, 4) is 5.75 Å². The van der Waals surface area contributed by atoms with Crippen LogP contribution in [-0.4, -0.2) is 11.7 Å². The smallest absolute Gasteiger partial charge is 0.124 e. The standard InChI is InChI=1S/C12H19FN2O/c1-8-6-9(13)7-10(12(8)16)11(15)4-2-3-5-14/h6-7,11,16H,2-5,14-15H2,1H3/t11-/m1/s1. The quantitative estimate of drug-likeness (QED) is 0.672. The van der Waals surface area contributed by atoms with Crippen molar-refractivity contribution in [2.24, 2.45) is 11.5 Å². The monoisotopic (exact) mass is 226 g/mol. The minimum absolute atomic E-state index is 0.0987. The number of phenols is 1. The lowest BCUT2D eigenvalue weighted by Gasteiger charge is -2.15. The average Bonchev–Trinajstić information content (AvgIpc) is 2.23. The van der Waals surface area contributed by atoms with Gasteiger partial charge in [0.1, 0.15) is 11.6 Å². The summed E-state index contributed by atoms with van der Waals surface area (Å²) >= 11 is 0. The largest absolute Gasteiger partial charge is 0.507 e. The van der Waals surface area contributed by atoms with Crippen LogP contribution in [0.4, 0.5) is 4.39 Å². The van der Waals surface area contributed by atoms with E-state index < -0.39 is 0 Å². The fourth-order valence-corrected chi connectivity index (χ4v) is 1.71. The van der Waals surface area contributed by atoms with Gasteiger partial charge in [-0.15, -0.1) is 0 Å². The number of hydrogen-bond donors (Lipinski definition) is 3. The van der Waals surface area contributed by atoms with E-state index in [2.05, 4.69) is 0 Å². The first-order valence-electron chi connectivity index (χ1n) is 5.51. The van der Waals surface area contributed by atoms with Gasteiger partial charge in [0, 0.05) is 11.6 Å². The van der Waals surface area contributed by atoms with Crippen LogP contribution in [0.3, 0.4) is 0 Å². The van der Waals surface area contributed by atoms with Crippen LogP contribution in [0.5, 0.6) is 5.75 Å². The molecular formula is C12H19FN2O. The van der Waals surface area contributed by atoms with Gasteiger partial charge in [0.25, 0.3) is 0 Å². The summed E-state index contributed by atoms with van der Waals surface area (Å²) in [6, 6.07) is 2.27. The van der Waals surface area contributed by atoms with E-state index in [4.69, 9.17) is 11.5 Å². The molecule has 16 heavy (non-hydrogen) atoms. The molecule has 4 heteroatoms. The molecule has 0 saturated carbocycles. The summed E-state index contributed by atoms with van der Waals surface area (Å²) in [4.78, 5) is 0. The molecule has 0 aliphatic heterocycles. The third-order valence-corrected chi connectivity index (χ3v) is 2.66. The molecule has 3 nitrogen and oxygen atoms in total. The molecule has 0 amide bonds. The van der Waals surface area contributed by atoms with E-state index in [0.29, 0.717) is 24.1 Å². The molecule has 1 atom stereocenters. The van der Waals surface area contributed by atoms with Crippen LogP contribution in [0, 0.1) is 12.7 Å². The van der Waals surface area contributed by atoms with Crippen LogP contribution in [0.2, 0.25) is 0 Å². The number of aryl methyl sites for hydroxylation is 1. The molecule has 0 fully saturated rings. The third-order valence-electron chi connectivity index (χ3n) is 2.66. The summed E-state index contributed by atoms with van der Waals surface area (Å²) in [7, 11) is 0. The van der Waals surface area contributed by atoms with Crippen molar-refractivity contribution in [3.05, 3.63) is 29.1 Å². The summed E-state index contributed by atoms with van der Waals surface area (Å²) in [5, 5.41) is 9.78. The zero-order chi connectivity index (χ0) is 12.1. The number of hydrogen-bond acceptors (Lipinski definition) is 3. The van der Waals surface area contributed by atoms with E-state index in [1.165, 1.54) is 12.1 Å². The fourth-order valence-electron chi connectivity index (χ4n) is 1.71. The normalized spacial score (nSPS) is 12.8. The predicted molar refractivity (Wildman–Crippen MR) is 62.6 cm³/mol. The molecule has 0 saturated heterocycles. The SMILES string of the molecule is Cc1cc(F)cc([C@H](N)CCCCN)c1O. The minimum Gasteiger partial charge on any atom is -0.507 e. The molecule has 1 aromatic rings. The van der Waals surface area contributed by atoms with Gasteiger partial charge in [-0.2, -0.15) is 0 Å². The van der Waals surface area contributed by atoms with Gasteiger partial charge >= 0.3 is 0 Å². The molecule has 90 valence electrons. The van der Waals surface area contributed by atoms with Crippen molar-refractivity contribution in [2.45, 2.75) is 32.2 Å². The van der Waals surface area contributed by atoms with Crippen molar-refractivity contribution >= 4 is 0 Å². The Hall–Kier alpha value is -1.13. The lowest BCUT2D eigenvalue weighted by atomic mass is 9.98. The molecule has 0 heterocycles. The Balaban J connectivity index is 2.78. The molecule has 0 aliphatic carbocycles. The molecule has 0 unspecified atom stereocenters. The van der Waals surface area contributed by atoms with E-state index >= 15 is 0 Å². The Morgan fingerprint density at radius 2 is 2.06 bits per heavy atom. The lowest BCUT2D eigenvalue weighted by Crippen LogP contribution is -2.12. The summed E-state index contributed by atoms with van der Waals surface area (Å²) in [5.41, 5.74) is 12.3. The van der Waals surface area contributed by atoms with Crippen molar-refractivity contribution in [1.82, 2.24) is 0 Å². The van der Waals surface area contributed by atoms with Crippen molar-refractivity contribution < 1.29 is 9.50 Å². The highest BCUT2D eigenvalue weighted by atomic mass is 19.1. The fraction of sp³-hybridized carbons (Fsp3) is 0.500. The number of halogens is 1. The predicted octanol–water partition coefficient (Wildman–Crippen LogP) is 1.97. The number of rotatable bonds is 5. The third kappa shape index (κ3) is 3.18. The van der Waals surface area contributed by atoms with Gasteiger partial charge in [-0.05, 0) is 44.0 Å². The molecule has 5 N–H and O–H groups in total. The summed E-state index contributed by atoms with van der Waals surface area (Å²) in [6.07, 6.45) is 2.48. The maximum Gasteiger partial charge on any atom is 0.124 e. The van der Waals surface area contributed by atoms with Crippen LogP contribution >= 0.6 is 0 Å². The number of phenolic OH excluding ortho intramolecular Hbond substituents is 1. The van der Waals surface area contributed by atoms with Crippen molar-refractivity contribution in [3.63, 3.8) is 0 Å². The van der Waals surface area contributed by atoms with Crippen LogP contribution < -0.4 is 11.5 Å². The second kappa shape index (κ2) is 5.82. The van der Waals surface area contributed by atoms with E-state index in [1.807, 2.05) is 0 Å².